The molecule has 15 heavy (non-hydrogen) atoms. The summed E-state index contributed by atoms with van der Waals surface area (Å²) in [4.78, 5) is 0. The topological polar surface area (TPSA) is 47.3 Å². The van der Waals surface area contributed by atoms with Crippen LogP contribution in [0.1, 0.15) is 0 Å². The number of anilines is 3. The van der Waals surface area contributed by atoms with Gasteiger partial charge in [-0.1, -0.05) is 6.07 Å². The average molecular weight is 220 g/mol. The first-order chi connectivity index (χ1) is 7.31. The van der Waals surface area contributed by atoms with Crippen LogP contribution in [0.5, 0.6) is 5.75 Å². The Labute approximate surface area is 92.5 Å². The maximum Gasteiger partial charge on any atom is 0.143 e. The molecule has 0 fully saturated rings. The molecule has 78 valence electrons. The van der Waals surface area contributed by atoms with E-state index >= 15 is 0 Å². The van der Waals surface area contributed by atoms with Crippen LogP contribution in [0, 0.1) is 0 Å². The van der Waals surface area contributed by atoms with Gasteiger partial charge in [0.15, 0.2) is 0 Å². The number of hydrogen-bond acceptors (Lipinski definition) is 4. The molecule has 2 rings (SSSR count). The lowest BCUT2D eigenvalue weighted by Gasteiger charge is -2.10. The highest BCUT2D eigenvalue weighted by atomic mass is 32.1. The van der Waals surface area contributed by atoms with Crippen molar-refractivity contribution in [3.05, 3.63) is 35.0 Å². The van der Waals surface area contributed by atoms with Crippen LogP contribution < -0.4 is 15.8 Å². The van der Waals surface area contributed by atoms with E-state index in [0.29, 0.717) is 11.4 Å². The first-order valence-corrected chi connectivity index (χ1v) is 5.47. The van der Waals surface area contributed by atoms with Gasteiger partial charge in [-0.25, -0.2) is 0 Å². The number of nitrogen functional groups attached to an aromatic ring is 1. The Bertz CT molecular complexity index is 440. The average Bonchev–Trinajstić information content (AvgIpc) is 2.74. The normalized spacial score (nSPS) is 9.93. The zero-order valence-electron chi connectivity index (χ0n) is 8.36. The predicted octanol–water partition coefficient (Wildman–Crippen LogP) is 3.08. The number of nitrogens with one attached hydrogen (secondary N) is 1. The molecule has 0 amide bonds. The van der Waals surface area contributed by atoms with Gasteiger partial charge >= 0.3 is 0 Å². The standard InChI is InChI=1S/C11H12N2OS/c1-14-10-4-2-3-9(11(10)12)13-8-5-6-15-7-8/h2-7,13H,12H2,1H3. The fourth-order valence-corrected chi connectivity index (χ4v) is 1.91. The van der Waals surface area contributed by atoms with Crippen molar-refractivity contribution in [1.29, 1.82) is 0 Å². The Balaban J connectivity index is 2.29. The largest absolute Gasteiger partial charge is 0.495 e. The predicted molar refractivity (Wildman–Crippen MR) is 65.0 cm³/mol. The van der Waals surface area contributed by atoms with E-state index in [0.717, 1.165) is 11.4 Å². The monoisotopic (exact) mass is 220 g/mol. The Morgan fingerprint density at radius 1 is 1.33 bits per heavy atom. The minimum absolute atomic E-state index is 0.631. The molecule has 0 unspecified atom stereocenters. The molecule has 0 bridgehead atoms. The van der Waals surface area contributed by atoms with Crippen LogP contribution in [0.2, 0.25) is 0 Å². The zero-order valence-corrected chi connectivity index (χ0v) is 9.17. The van der Waals surface area contributed by atoms with Gasteiger partial charge < -0.3 is 15.8 Å². The molecule has 0 atom stereocenters. The summed E-state index contributed by atoms with van der Waals surface area (Å²) in [7, 11) is 1.61. The van der Waals surface area contributed by atoms with E-state index in [2.05, 4.69) is 5.32 Å². The van der Waals surface area contributed by atoms with Crippen molar-refractivity contribution in [1.82, 2.24) is 0 Å². The van der Waals surface area contributed by atoms with Crippen molar-refractivity contribution < 1.29 is 4.74 Å². The second-order valence-electron chi connectivity index (χ2n) is 3.06. The summed E-state index contributed by atoms with van der Waals surface area (Å²) >= 11 is 1.64. The molecular weight excluding hydrogens is 208 g/mol. The van der Waals surface area contributed by atoms with Crippen LogP contribution in [0.4, 0.5) is 17.1 Å². The molecule has 2 aromatic rings. The second-order valence-corrected chi connectivity index (χ2v) is 3.84. The molecule has 3 N–H and O–H groups in total. The van der Waals surface area contributed by atoms with Crippen molar-refractivity contribution in [3.8, 4) is 5.75 Å². The Hall–Kier alpha value is -1.68. The Morgan fingerprint density at radius 2 is 2.20 bits per heavy atom. The fraction of sp³-hybridized carbons (Fsp3) is 0.0909. The maximum atomic E-state index is 5.93. The lowest BCUT2D eigenvalue weighted by Crippen LogP contribution is -1.98. The molecule has 0 saturated carbocycles. The van der Waals surface area contributed by atoms with Gasteiger partial charge in [-0.15, -0.1) is 0 Å². The van der Waals surface area contributed by atoms with Gasteiger partial charge in [0.05, 0.1) is 18.5 Å². The molecule has 3 nitrogen and oxygen atoms in total. The smallest absolute Gasteiger partial charge is 0.143 e. The maximum absolute atomic E-state index is 5.93. The van der Waals surface area contributed by atoms with E-state index in [1.807, 2.05) is 35.0 Å². The Morgan fingerprint density at radius 3 is 2.87 bits per heavy atom. The van der Waals surface area contributed by atoms with Crippen molar-refractivity contribution >= 4 is 28.4 Å². The lowest BCUT2D eigenvalue weighted by atomic mass is 10.2. The molecule has 1 aromatic carbocycles. The van der Waals surface area contributed by atoms with Gasteiger partial charge in [-0.3, -0.25) is 0 Å². The number of thiophene rings is 1. The minimum Gasteiger partial charge on any atom is -0.495 e. The number of ether oxygens (including phenoxy) is 1. The zero-order chi connectivity index (χ0) is 10.7. The third kappa shape index (κ3) is 2.05. The highest BCUT2D eigenvalue weighted by Crippen LogP contribution is 2.31. The van der Waals surface area contributed by atoms with Gasteiger partial charge in [0.25, 0.3) is 0 Å². The summed E-state index contributed by atoms with van der Waals surface area (Å²) in [6.07, 6.45) is 0. The number of nitrogens with two attached hydrogens (primary N) is 1. The molecule has 4 heteroatoms. The van der Waals surface area contributed by atoms with Crippen LogP contribution in [0.15, 0.2) is 35.0 Å². The highest BCUT2D eigenvalue weighted by molar-refractivity contribution is 7.08. The van der Waals surface area contributed by atoms with E-state index in [1.54, 1.807) is 18.4 Å². The van der Waals surface area contributed by atoms with Crippen LogP contribution in [-0.2, 0) is 0 Å². The summed E-state index contributed by atoms with van der Waals surface area (Å²) in [5.74, 6) is 0.690. The summed E-state index contributed by atoms with van der Waals surface area (Å²) in [5.41, 5.74) is 8.47. The third-order valence-electron chi connectivity index (χ3n) is 2.09. The lowest BCUT2D eigenvalue weighted by molar-refractivity contribution is 0.417. The van der Waals surface area contributed by atoms with Crippen molar-refractivity contribution in [2.24, 2.45) is 0 Å². The number of rotatable bonds is 3. The summed E-state index contributed by atoms with van der Waals surface area (Å²) in [6.45, 7) is 0. The van der Waals surface area contributed by atoms with E-state index in [9.17, 15) is 0 Å². The SMILES string of the molecule is COc1cccc(Nc2ccsc2)c1N. The molecule has 0 aliphatic carbocycles. The molecule has 1 heterocycles. The molecule has 0 spiro atoms. The third-order valence-corrected chi connectivity index (χ3v) is 2.77. The summed E-state index contributed by atoms with van der Waals surface area (Å²) < 4.78 is 5.14. The molecule has 0 saturated heterocycles. The number of hydrogen-bond donors (Lipinski definition) is 2. The Kier molecular flexibility index (Phi) is 2.78. The summed E-state index contributed by atoms with van der Waals surface area (Å²) in [6, 6.07) is 7.68. The first-order valence-electron chi connectivity index (χ1n) is 4.53. The van der Waals surface area contributed by atoms with E-state index in [4.69, 9.17) is 10.5 Å². The van der Waals surface area contributed by atoms with Crippen LogP contribution in [0.25, 0.3) is 0 Å². The quantitative estimate of drug-likeness (QED) is 0.781. The van der Waals surface area contributed by atoms with Crippen molar-refractivity contribution in [2.45, 2.75) is 0 Å². The van der Waals surface area contributed by atoms with Gasteiger partial charge in [0.1, 0.15) is 5.75 Å². The number of para-hydroxylation sites is 1. The number of benzene rings is 1. The molecule has 1 aromatic heterocycles. The number of methoxy groups -OCH3 is 1. The van der Waals surface area contributed by atoms with Gasteiger partial charge in [-0.05, 0) is 23.6 Å². The van der Waals surface area contributed by atoms with Crippen LogP contribution >= 0.6 is 11.3 Å². The molecule has 0 aliphatic heterocycles. The van der Waals surface area contributed by atoms with Crippen molar-refractivity contribution in [3.63, 3.8) is 0 Å². The van der Waals surface area contributed by atoms with Gasteiger partial charge in [0, 0.05) is 11.1 Å². The van der Waals surface area contributed by atoms with Crippen LogP contribution in [-0.4, -0.2) is 7.11 Å². The highest BCUT2D eigenvalue weighted by Gasteiger charge is 2.04. The van der Waals surface area contributed by atoms with E-state index in [-0.39, 0.29) is 0 Å². The van der Waals surface area contributed by atoms with Gasteiger partial charge in [-0.2, -0.15) is 11.3 Å². The molecule has 0 radical (unpaired) electrons. The molecular formula is C11H12N2OS. The summed E-state index contributed by atoms with van der Waals surface area (Å²) in [5, 5.41) is 7.27. The van der Waals surface area contributed by atoms with E-state index < -0.39 is 0 Å². The van der Waals surface area contributed by atoms with Gasteiger partial charge in [0.2, 0.25) is 0 Å². The van der Waals surface area contributed by atoms with Crippen LogP contribution in [0.3, 0.4) is 0 Å². The van der Waals surface area contributed by atoms with E-state index in [1.165, 1.54) is 0 Å². The van der Waals surface area contributed by atoms with Crippen molar-refractivity contribution in [2.75, 3.05) is 18.2 Å². The fourth-order valence-electron chi connectivity index (χ4n) is 1.32. The minimum atomic E-state index is 0.631. The second kappa shape index (κ2) is 4.23. The molecule has 0 aliphatic rings. The first kappa shape index (κ1) is 9.86.